The van der Waals surface area contributed by atoms with E-state index in [0.29, 0.717) is 18.2 Å². The smallest absolute Gasteiger partial charge is 0.273 e. The van der Waals surface area contributed by atoms with Gasteiger partial charge in [-0.25, -0.2) is 19.3 Å². The number of piperidine rings is 1. The van der Waals surface area contributed by atoms with Crippen molar-refractivity contribution < 1.29 is 9.18 Å². The van der Waals surface area contributed by atoms with E-state index in [1.165, 1.54) is 18.5 Å². The Kier molecular flexibility index (Phi) is 4.93. The minimum atomic E-state index is -0.284. The molecule has 4 rings (SSSR count). The van der Waals surface area contributed by atoms with Crippen LogP contribution in [0.3, 0.4) is 0 Å². The van der Waals surface area contributed by atoms with Crippen LogP contribution in [0.25, 0.3) is 10.9 Å². The molecule has 8 heteroatoms. The molecule has 0 unspecified atom stereocenters. The van der Waals surface area contributed by atoms with Crippen molar-refractivity contribution >= 4 is 22.6 Å². The number of rotatable bonds is 4. The molecule has 2 aromatic heterocycles. The Balaban J connectivity index is 1.40. The normalized spacial score (nSPS) is 15.2. The van der Waals surface area contributed by atoms with Crippen LogP contribution < -0.4 is 4.90 Å². The van der Waals surface area contributed by atoms with Gasteiger partial charge in [0.05, 0.1) is 11.8 Å². The molecule has 1 aliphatic rings. The molecule has 1 saturated heterocycles. The average molecular weight is 382 g/mol. The number of halogens is 1. The predicted octanol–water partition coefficient (Wildman–Crippen LogP) is 2.49. The molecule has 7 nitrogen and oxygen atoms in total. The summed E-state index contributed by atoms with van der Waals surface area (Å²) in [6.07, 6.45) is 6.79. The zero-order valence-electron chi connectivity index (χ0n) is 16.0. The number of nitrogens with zero attached hydrogens (tertiary/aromatic N) is 6. The third-order valence-corrected chi connectivity index (χ3v) is 5.29. The first-order chi connectivity index (χ1) is 13.5. The van der Waals surface area contributed by atoms with Crippen molar-refractivity contribution in [2.24, 2.45) is 13.0 Å². The highest BCUT2D eigenvalue weighted by atomic mass is 19.1. The summed E-state index contributed by atoms with van der Waals surface area (Å²) >= 11 is 0. The lowest BCUT2D eigenvalue weighted by Gasteiger charge is -2.34. The van der Waals surface area contributed by atoms with Crippen molar-refractivity contribution in [2.45, 2.75) is 12.8 Å². The van der Waals surface area contributed by atoms with Gasteiger partial charge in [0.25, 0.3) is 5.91 Å². The lowest BCUT2D eigenvalue weighted by molar-refractivity contribution is 0.0759. The maximum Gasteiger partial charge on any atom is 0.273 e. The Hall–Kier alpha value is -3.03. The van der Waals surface area contributed by atoms with Gasteiger partial charge in [-0.15, -0.1) is 0 Å². The topological polar surface area (TPSA) is 67.2 Å². The van der Waals surface area contributed by atoms with E-state index in [2.05, 4.69) is 19.9 Å². The fourth-order valence-corrected chi connectivity index (χ4v) is 3.78. The summed E-state index contributed by atoms with van der Waals surface area (Å²) in [7, 11) is 3.67. The molecule has 3 aromatic rings. The summed E-state index contributed by atoms with van der Waals surface area (Å²) in [6, 6.07) is 4.59. The highest BCUT2D eigenvalue weighted by Crippen LogP contribution is 2.28. The number of fused-ring (bicyclic) bond motifs is 1. The number of aromatic nitrogens is 4. The van der Waals surface area contributed by atoms with Crippen molar-refractivity contribution in [3.05, 3.63) is 48.6 Å². The van der Waals surface area contributed by atoms with E-state index in [-0.39, 0.29) is 11.7 Å². The molecular weight excluding hydrogens is 359 g/mol. The van der Waals surface area contributed by atoms with Gasteiger partial charge in [-0.1, -0.05) is 0 Å². The Labute approximate surface area is 162 Å². The average Bonchev–Trinajstić information content (AvgIpc) is 3.14. The van der Waals surface area contributed by atoms with Crippen molar-refractivity contribution in [3.63, 3.8) is 0 Å². The van der Waals surface area contributed by atoms with E-state index in [4.69, 9.17) is 0 Å². The van der Waals surface area contributed by atoms with Gasteiger partial charge in [0.1, 0.15) is 23.7 Å². The van der Waals surface area contributed by atoms with Gasteiger partial charge < -0.3 is 14.4 Å². The summed E-state index contributed by atoms with van der Waals surface area (Å²) in [5.74, 6) is 0.855. The fourth-order valence-electron chi connectivity index (χ4n) is 3.78. The Morgan fingerprint density at radius 2 is 2.04 bits per heavy atom. The van der Waals surface area contributed by atoms with E-state index >= 15 is 0 Å². The van der Waals surface area contributed by atoms with Crippen LogP contribution in [-0.4, -0.2) is 57.0 Å². The van der Waals surface area contributed by atoms with Gasteiger partial charge in [-0.05, 0) is 37.0 Å². The molecule has 3 heterocycles. The molecule has 0 spiro atoms. The molecule has 1 aromatic carbocycles. The number of anilines is 1. The van der Waals surface area contributed by atoms with Crippen molar-refractivity contribution in [1.29, 1.82) is 0 Å². The van der Waals surface area contributed by atoms with Gasteiger partial charge in [-0.2, -0.15) is 0 Å². The van der Waals surface area contributed by atoms with Gasteiger partial charge in [0.15, 0.2) is 0 Å². The molecule has 1 aliphatic heterocycles. The van der Waals surface area contributed by atoms with Gasteiger partial charge in [-0.3, -0.25) is 4.79 Å². The summed E-state index contributed by atoms with van der Waals surface area (Å²) in [6.45, 7) is 2.33. The van der Waals surface area contributed by atoms with E-state index < -0.39 is 0 Å². The first kappa shape index (κ1) is 18.3. The molecular formula is C20H23FN6O. The number of carbonyl (C=O) groups excluding carboxylic acids is 1. The molecule has 0 N–H and O–H groups in total. The number of aryl methyl sites for hydroxylation is 1. The van der Waals surface area contributed by atoms with Crippen molar-refractivity contribution in [2.75, 3.05) is 31.6 Å². The number of benzene rings is 1. The molecule has 28 heavy (non-hydrogen) atoms. The third-order valence-electron chi connectivity index (χ3n) is 5.29. The van der Waals surface area contributed by atoms with E-state index in [9.17, 15) is 9.18 Å². The molecule has 0 saturated carbocycles. The zero-order chi connectivity index (χ0) is 19.7. The van der Waals surface area contributed by atoms with Crippen LogP contribution in [0.15, 0.2) is 37.1 Å². The lowest BCUT2D eigenvalue weighted by atomic mass is 9.96. The number of hydrogen-bond donors (Lipinski definition) is 0. The molecule has 0 aliphatic carbocycles. The van der Waals surface area contributed by atoms with Crippen molar-refractivity contribution in [3.8, 4) is 0 Å². The first-order valence-electron chi connectivity index (χ1n) is 9.40. The Morgan fingerprint density at radius 3 is 2.75 bits per heavy atom. The highest BCUT2D eigenvalue weighted by molar-refractivity contribution is 5.92. The molecule has 1 fully saturated rings. The van der Waals surface area contributed by atoms with Gasteiger partial charge >= 0.3 is 0 Å². The SMILES string of the molecule is CN(CC1CCN(c2ncnc3ccc(F)cc23)CC1)C(=O)c1cn(C)cn1. The standard InChI is InChI=1S/C20H23FN6O/c1-25-11-18(24-13-25)20(28)26(2)10-14-5-7-27(8-6-14)19-16-9-15(21)3-4-17(16)22-12-23-19/h3-4,9,11-14H,5-8,10H2,1-2H3. The quantitative estimate of drug-likeness (QED) is 0.694. The second kappa shape index (κ2) is 7.53. The van der Waals surface area contributed by atoms with Crippen LogP contribution in [-0.2, 0) is 7.05 Å². The van der Waals surface area contributed by atoms with Crippen LogP contribution in [0.1, 0.15) is 23.3 Å². The van der Waals surface area contributed by atoms with Crippen LogP contribution >= 0.6 is 0 Å². The summed E-state index contributed by atoms with van der Waals surface area (Å²) in [5.41, 5.74) is 1.21. The molecule has 146 valence electrons. The molecule has 1 amide bonds. The van der Waals surface area contributed by atoms with Crippen LogP contribution in [0.5, 0.6) is 0 Å². The molecule has 0 atom stereocenters. The zero-order valence-corrected chi connectivity index (χ0v) is 16.0. The second-order valence-corrected chi connectivity index (χ2v) is 7.40. The van der Waals surface area contributed by atoms with E-state index in [0.717, 1.165) is 42.7 Å². The molecule has 0 radical (unpaired) electrons. The van der Waals surface area contributed by atoms with Crippen LogP contribution in [0.2, 0.25) is 0 Å². The second-order valence-electron chi connectivity index (χ2n) is 7.40. The maximum absolute atomic E-state index is 13.7. The van der Waals surface area contributed by atoms with E-state index in [1.54, 1.807) is 28.1 Å². The minimum Gasteiger partial charge on any atom is -0.356 e. The van der Waals surface area contributed by atoms with E-state index in [1.807, 2.05) is 14.1 Å². The van der Waals surface area contributed by atoms with Crippen LogP contribution in [0, 0.1) is 11.7 Å². The number of amides is 1. The first-order valence-corrected chi connectivity index (χ1v) is 9.40. The highest BCUT2D eigenvalue weighted by Gasteiger charge is 2.25. The Bertz CT molecular complexity index is 995. The van der Waals surface area contributed by atoms with Crippen molar-refractivity contribution in [1.82, 2.24) is 24.4 Å². The summed E-state index contributed by atoms with van der Waals surface area (Å²) in [5, 5.41) is 0.739. The summed E-state index contributed by atoms with van der Waals surface area (Å²) < 4.78 is 15.5. The Morgan fingerprint density at radius 1 is 1.25 bits per heavy atom. The maximum atomic E-state index is 13.7. The lowest BCUT2D eigenvalue weighted by Crippen LogP contribution is -2.40. The number of imidazole rings is 1. The van der Waals surface area contributed by atoms with Crippen LogP contribution in [0.4, 0.5) is 10.2 Å². The molecule has 0 bridgehead atoms. The number of carbonyl (C=O) groups is 1. The van der Waals surface area contributed by atoms with Gasteiger partial charge in [0.2, 0.25) is 0 Å². The number of hydrogen-bond acceptors (Lipinski definition) is 5. The third kappa shape index (κ3) is 3.67. The predicted molar refractivity (Wildman–Crippen MR) is 105 cm³/mol. The van der Waals surface area contributed by atoms with Gasteiger partial charge in [0, 0.05) is 45.3 Å². The minimum absolute atomic E-state index is 0.0553. The largest absolute Gasteiger partial charge is 0.356 e. The fraction of sp³-hybridized carbons (Fsp3) is 0.400. The monoisotopic (exact) mass is 382 g/mol. The summed E-state index contributed by atoms with van der Waals surface area (Å²) in [4.78, 5) is 29.2.